The number of ether oxygens (including phenoxy) is 1. The van der Waals surface area contributed by atoms with Gasteiger partial charge in [-0.05, 0) is 39.0 Å². The number of hydrogen-bond acceptors (Lipinski definition) is 3. The van der Waals surface area contributed by atoms with Crippen LogP contribution >= 0.6 is 11.6 Å². The van der Waals surface area contributed by atoms with E-state index in [2.05, 4.69) is 5.32 Å². The molecule has 88 valence electrons. The third kappa shape index (κ3) is 3.42. The summed E-state index contributed by atoms with van der Waals surface area (Å²) in [6.07, 6.45) is 0. The molecule has 16 heavy (non-hydrogen) atoms. The quantitative estimate of drug-likeness (QED) is 0.807. The zero-order valence-corrected chi connectivity index (χ0v) is 10.7. The average molecular weight is 242 g/mol. The summed E-state index contributed by atoms with van der Waals surface area (Å²) in [7, 11) is 1.79. The van der Waals surface area contributed by atoms with Crippen LogP contribution in [0.25, 0.3) is 0 Å². The summed E-state index contributed by atoms with van der Waals surface area (Å²) in [6, 6.07) is 5.13. The van der Waals surface area contributed by atoms with Gasteiger partial charge in [0.15, 0.2) is 0 Å². The molecule has 3 nitrogen and oxygen atoms in total. The number of esters is 1. The van der Waals surface area contributed by atoms with Crippen molar-refractivity contribution in [3.05, 3.63) is 28.8 Å². The average Bonchev–Trinajstić information content (AvgIpc) is 2.14. The standard InChI is InChI=1S/C12H16ClNO2/c1-12(2,3)16-11(15)9-6-5-8(14-4)7-10(9)13/h5-7,14H,1-4H3. The molecule has 1 rings (SSSR count). The molecule has 0 radical (unpaired) electrons. The van der Waals surface area contributed by atoms with Gasteiger partial charge in [-0.15, -0.1) is 0 Å². The maximum absolute atomic E-state index is 11.8. The molecule has 4 heteroatoms. The monoisotopic (exact) mass is 241 g/mol. The lowest BCUT2D eigenvalue weighted by molar-refractivity contribution is 0.00698. The van der Waals surface area contributed by atoms with Crippen molar-refractivity contribution in [3.8, 4) is 0 Å². The van der Waals surface area contributed by atoms with E-state index in [0.717, 1.165) is 5.69 Å². The Morgan fingerprint density at radius 3 is 2.44 bits per heavy atom. The number of benzene rings is 1. The molecule has 0 aliphatic carbocycles. The predicted molar refractivity (Wildman–Crippen MR) is 66.2 cm³/mol. The molecule has 0 heterocycles. The number of carbonyl (C=O) groups is 1. The second-order valence-corrected chi connectivity index (χ2v) is 4.85. The molecule has 1 aromatic rings. The van der Waals surface area contributed by atoms with E-state index in [9.17, 15) is 4.79 Å². The first kappa shape index (κ1) is 12.8. The molecular formula is C12H16ClNO2. The normalized spacial score (nSPS) is 11.1. The molecule has 0 bridgehead atoms. The minimum Gasteiger partial charge on any atom is -0.456 e. The van der Waals surface area contributed by atoms with Gasteiger partial charge in [-0.2, -0.15) is 0 Å². The van der Waals surface area contributed by atoms with Gasteiger partial charge in [0, 0.05) is 12.7 Å². The van der Waals surface area contributed by atoms with Crippen LogP contribution in [0.2, 0.25) is 5.02 Å². The first-order valence-electron chi connectivity index (χ1n) is 5.04. The van der Waals surface area contributed by atoms with Gasteiger partial charge in [0.25, 0.3) is 0 Å². The van der Waals surface area contributed by atoms with Crippen LogP contribution in [0.1, 0.15) is 31.1 Å². The van der Waals surface area contributed by atoms with Crippen molar-refractivity contribution in [3.63, 3.8) is 0 Å². The summed E-state index contributed by atoms with van der Waals surface area (Å²) in [5.41, 5.74) is 0.732. The SMILES string of the molecule is CNc1ccc(C(=O)OC(C)(C)C)c(Cl)c1. The molecule has 0 aliphatic heterocycles. The van der Waals surface area contributed by atoms with Gasteiger partial charge in [0.2, 0.25) is 0 Å². The number of halogens is 1. The molecule has 0 unspecified atom stereocenters. The van der Waals surface area contributed by atoms with Crippen molar-refractivity contribution in [1.29, 1.82) is 0 Å². The van der Waals surface area contributed by atoms with Crippen molar-refractivity contribution >= 4 is 23.3 Å². The molecule has 0 aliphatic rings. The van der Waals surface area contributed by atoms with E-state index in [-0.39, 0.29) is 0 Å². The maximum Gasteiger partial charge on any atom is 0.340 e. The minimum atomic E-state index is -0.512. The van der Waals surface area contributed by atoms with Crippen molar-refractivity contribution in [2.75, 3.05) is 12.4 Å². The van der Waals surface area contributed by atoms with E-state index in [1.165, 1.54) is 0 Å². The Hall–Kier alpha value is -1.22. The third-order valence-electron chi connectivity index (χ3n) is 1.88. The number of nitrogens with one attached hydrogen (secondary N) is 1. The van der Waals surface area contributed by atoms with Crippen LogP contribution in [0.5, 0.6) is 0 Å². The van der Waals surface area contributed by atoms with E-state index in [4.69, 9.17) is 16.3 Å². The highest BCUT2D eigenvalue weighted by Gasteiger charge is 2.19. The summed E-state index contributed by atoms with van der Waals surface area (Å²) in [6.45, 7) is 5.46. The zero-order valence-electron chi connectivity index (χ0n) is 9.93. The van der Waals surface area contributed by atoms with Crippen LogP contribution in [0.3, 0.4) is 0 Å². The van der Waals surface area contributed by atoms with E-state index in [1.807, 2.05) is 20.8 Å². The van der Waals surface area contributed by atoms with Crippen molar-refractivity contribution in [1.82, 2.24) is 0 Å². The van der Waals surface area contributed by atoms with Gasteiger partial charge in [0.1, 0.15) is 5.60 Å². The Morgan fingerprint density at radius 1 is 1.38 bits per heavy atom. The fourth-order valence-electron chi connectivity index (χ4n) is 1.17. The minimum absolute atomic E-state index is 0.385. The van der Waals surface area contributed by atoms with Crippen LogP contribution in [-0.2, 0) is 4.74 Å². The molecular weight excluding hydrogens is 226 g/mol. The number of hydrogen-bond donors (Lipinski definition) is 1. The summed E-state index contributed by atoms with van der Waals surface area (Å²) in [5.74, 6) is -0.403. The number of carbonyl (C=O) groups excluding carboxylic acids is 1. The van der Waals surface area contributed by atoms with Crippen LogP contribution in [0, 0.1) is 0 Å². The highest BCUT2D eigenvalue weighted by molar-refractivity contribution is 6.33. The Labute approximate surface area is 101 Å². The zero-order chi connectivity index (χ0) is 12.3. The van der Waals surface area contributed by atoms with Gasteiger partial charge in [-0.25, -0.2) is 4.79 Å². The third-order valence-corrected chi connectivity index (χ3v) is 2.19. The largest absolute Gasteiger partial charge is 0.456 e. The summed E-state index contributed by atoms with van der Waals surface area (Å²) >= 11 is 5.99. The highest BCUT2D eigenvalue weighted by Crippen LogP contribution is 2.23. The molecule has 0 saturated carbocycles. The van der Waals surface area contributed by atoms with Gasteiger partial charge in [-0.3, -0.25) is 0 Å². The Kier molecular flexibility index (Phi) is 3.81. The van der Waals surface area contributed by atoms with E-state index >= 15 is 0 Å². The number of anilines is 1. The summed E-state index contributed by atoms with van der Waals surface area (Å²) < 4.78 is 5.23. The molecule has 0 fully saturated rings. The van der Waals surface area contributed by atoms with Crippen LogP contribution in [-0.4, -0.2) is 18.6 Å². The second-order valence-electron chi connectivity index (χ2n) is 4.45. The van der Waals surface area contributed by atoms with Crippen LogP contribution in [0.4, 0.5) is 5.69 Å². The summed E-state index contributed by atoms with van der Waals surface area (Å²) in [4.78, 5) is 11.8. The van der Waals surface area contributed by atoms with Gasteiger partial charge < -0.3 is 10.1 Å². The Balaban J connectivity index is 2.93. The molecule has 1 N–H and O–H groups in total. The van der Waals surface area contributed by atoms with Crippen molar-refractivity contribution in [2.24, 2.45) is 0 Å². The molecule has 0 aromatic heterocycles. The predicted octanol–water partition coefficient (Wildman–Crippen LogP) is 3.34. The number of rotatable bonds is 2. The van der Waals surface area contributed by atoms with Crippen molar-refractivity contribution in [2.45, 2.75) is 26.4 Å². The van der Waals surface area contributed by atoms with Gasteiger partial charge in [0.05, 0.1) is 10.6 Å². The fourth-order valence-corrected chi connectivity index (χ4v) is 1.43. The smallest absolute Gasteiger partial charge is 0.340 e. The first-order chi connectivity index (χ1) is 7.33. The van der Waals surface area contributed by atoms with Crippen LogP contribution in [0.15, 0.2) is 18.2 Å². The Bertz CT molecular complexity index is 396. The summed E-state index contributed by atoms with van der Waals surface area (Å²) in [5, 5.41) is 3.34. The lowest BCUT2D eigenvalue weighted by Gasteiger charge is -2.20. The van der Waals surface area contributed by atoms with Gasteiger partial charge >= 0.3 is 5.97 Å². The highest BCUT2D eigenvalue weighted by atomic mass is 35.5. The molecule has 0 atom stereocenters. The molecule has 0 amide bonds. The topological polar surface area (TPSA) is 38.3 Å². The Morgan fingerprint density at radius 2 is 2.00 bits per heavy atom. The van der Waals surface area contributed by atoms with E-state index < -0.39 is 11.6 Å². The van der Waals surface area contributed by atoms with Gasteiger partial charge in [-0.1, -0.05) is 11.6 Å². The first-order valence-corrected chi connectivity index (χ1v) is 5.42. The van der Waals surface area contributed by atoms with Crippen molar-refractivity contribution < 1.29 is 9.53 Å². The van der Waals surface area contributed by atoms with E-state index in [0.29, 0.717) is 10.6 Å². The molecule has 0 saturated heterocycles. The molecule has 0 spiro atoms. The second kappa shape index (κ2) is 4.74. The maximum atomic E-state index is 11.8. The van der Waals surface area contributed by atoms with Crippen LogP contribution < -0.4 is 5.32 Å². The lowest BCUT2D eigenvalue weighted by Crippen LogP contribution is -2.24. The lowest BCUT2D eigenvalue weighted by atomic mass is 10.1. The van der Waals surface area contributed by atoms with E-state index in [1.54, 1.807) is 25.2 Å². The fraction of sp³-hybridized carbons (Fsp3) is 0.417. The molecule has 1 aromatic carbocycles.